The third-order valence-electron chi connectivity index (χ3n) is 2.19. The van der Waals surface area contributed by atoms with E-state index in [0.717, 1.165) is 12.8 Å². The van der Waals surface area contributed by atoms with Crippen LogP contribution in [0.15, 0.2) is 0 Å². The lowest BCUT2D eigenvalue weighted by atomic mass is 9.85. The number of rotatable bonds is 4. The summed E-state index contributed by atoms with van der Waals surface area (Å²) >= 11 is 0. The number of carbonyl (C=O) groups excluding carboxylic acids is 1. The summed E-state index contributed by atoms with van der Waals surface area (Å²) in [6.07, 6.45) is 2.55. The van der Waals surface area contributed by atoms with Crippen molar-refractivity contribution in [1.29, 1.82) is 0 Å². The van der Waals surface area contributed by atoms with Crippen LogP contribution in [0.2, 0.25) is 0 Å². The van der Waals surface area contributed by atoms with Crippen LogP contribution in [-0.2, 0) is 9.53 Å². The molecule has 0 unspecified atom stereocenters. The van der Waals surface area contributed by atoms with E-state index in [0.29, 0.717) is 6.42 Å². The number of ether oxygens (including phenoxy) is 1. The molecule has 2 heteroatoms. The Bertz CT molecular complexity index is 128. The highest BCUT2D eigenvalue weighted by Gasteiger charge is 2.16. The minimum absolute atomic E-state index is 0.105. The predicted octanol–water partition coefficient (Wildman–Crippen LogP) is 2.38. The summed E-state index contributed by atoms with van der Waals surface area (Å²) in [5, 5.41) is 0. The zero-order chi connectivity index (χ0) is 8.91. The van der Waals surface area contributed by atoms with Crippen molar-refractivity contribution in [3.8, 4) is 0 Å². The molecular weight excluding hydrogens is 140 g/mol. The van der Waals surface area contributed by atoms with Gasteiger partial charge in [-0.25, -0.2) is 0 Å². The molecule has 0 aliphatic carbocycles. The van der Waals surface area contributed by atoms with Crippen molar-refractivity contribution in [3.05, 3.63) is 0 Å². The fourth-order valence-corrected chi connectivity index (χ4v) is 0.719. The second-order valence-electron chi connectivity index (χ2n) is 3.59. The number of carbonyl (C=O) groups is 1. The Kier molecular flexibility index (Phi) is 4.16. The molecule has 0 aromatic rings. The van der Waals surface area contributed by atoms with Crippen LogP contribution < -0.4 is 0 Å². The quantitative estimate of drug-likeness (QED) is 0.587. The number of esters is 1. The summed E-state index contributed by atoms with van der Waals surface area (Å²) in [7, 11) is 1.43. The molecule has 0 rings (SSSR count). The molecule has 0 aromatic carbocycles. The maximum atomic E-state index is 10.8. The Morgan fingerprint density at radius 1 is 1.45 bits per heavy atom. The molecule has 0 amide bonds. The van der Waals surface area contributed by atoms with Gasteiger partial charge in [-0.15, -0.1) is 0 Å². The van der Waals surface area contributed by atoms with Gasteiger partial charge in [-0.3, -0.25) is 4.79 Å². The van der Waals surface area contributed by atoms with Gasteiger partial charge in [-0.2, -0.15) is 0 Å². The lowest BCUT2D eigenvalue weighted by Crippen LogP contribution is -2.12. The Balaban J connectivity index is 3.61. The molecule has 0 atom stereocenters. The summed E-state index contributed by atoms with van der Waals surface area (Å²) in [6, 6.07) is 0. The SMILES string of the molecule is CCC(C)(C)CCC(=O)OC. The molecule has 0 saturated carbocycles. The largest absolute Gasteiger partial charge is 0.469 e. The van der Waals surface area contributed by atoms with Crippen molar-refractivity contribution in [2.24, 2.45) is 5.41 Å². The number of methoxy groups -OCH3 is 1. The zero-order valence-electron chi connectivity index (χ0n) is 7.94. The molecule has 0 radical (unpaired) electrons. The molecule has 11 heavy (non-hydrogen) atoms. The average Bonchev–Trinajstić information content (AvgIpc) is 2.00. The summed E-state index contributed by atoms with van der Waals surface area (Å²) in [5.74, 6) is -0.105. The van der Waals surface area contributed by atoms with E-state index in [2.05, 4.69) is 25.5 Å². The minimum atomic E-state index is -0.105. The third-order valence-corrected chi connectivity index (χ3v) is 2.19. The second kappa shape index (κ2) is 4.37. The van der Waals surface area contributed by atoms with Crippen LogP contribution in [0.5, 0.6) is 0 Å². The third kappa shape index (κ3) is 4.82. The average molecular weight is 158 g/mol. The summed E-state index contributed by atoms with van der Waals surface area (Å²) in [4.78, 5) is 10.8. The van der Waals surface area contributed by atoms with E-state index in [4.69, 9.17) is 0 Å². The first-order valence-corrected chi connectivity index (χ1v) is 4.08. The predicted molar refractivity (Wildman–Crippen MR) is 45.3 cm³/mol. The molecule has 0 bridgehead atoms. The first-order valence-electron chi connectivity index (χ1n) is 4.08. The second-order valence-corrected chi connectivity index (χ2v) is 3.59. The van der Waals surface area contributed by atoms with E-state index in [1.807, 2.05) is 0 Å². The molecule has 2 nitrogen and oxygen atoms in total. The van der Waals surface area contributed by atoms with Crippen molar-refractivity contribution in [3.63, 3.8) is 0 Å². The van der Waals surface area contributed by atoms with Gasteiger partial charge in [0.15, 0.2) is 0 Å². The summed E-state index contributed by atoms with van der Waals surface area (Å²) in [6.45, 7) is 6.46. The van der Waals surface area contributed by atoms with Crippen LogP contribution in [0.1, 0.15) is 40.0 Å². The lowest BCUT2D eigenvalue weighted by molar-refractivity contribution is -0.141. The van der Waals surface area contributed by atoms with Crippen LogP contribution in [0.25, 0.3) is 0 Å². The molecule has 0 heterocycles. The van der Waals surface area contributed by atoms with Crippen molar-refractivity contribution in [2.75, 3.05) is 7.11 Å². The monoisotopic (exact) mass is 158 g/mol. The minimum Gasteiger partial charge on any atom is -0.469 e. The van der Waals surface area contributed by atoms with Gasteiger partial charge in [0.25, 0.3) is 0 Å². The number of hydrogen-bond donors (Lipinski definition) is 0. The van der Waals surface area contributed by atoms with Gasteiger partial charge in [-0.05, 0) is 11.8 Å². The molecule has 0 aliphatic heterocycles. The molecule has 0 saturated heterocycles. The van der Waals surface area contributed by atoms with E-state index in [1.54, 1.807) is 0 Å². The van der Waals surface area contributed by atoms with Crippen LogP contribution in [0.4, 0.5) is 0 Å². The number of hydrogen-bond acceptors (Lipinski definition) is 2. The lowest BCUT2D eigenvalue weighted by Gasteiger charge is -2.21. The van der Waals surface area contributed by atoms with Gasteiger partial charge in [0.1, 0.15) is 0 Å². The highest BCUT2D eigenvalue weighted by molar-refractivity contribution is 5.69. The highest BCUT2D eigenvalue weighted by Crippen LogP contribution is 2.25. The van der Waals surface area contributed by atoms with Gasteiger partial charge in [0.2, 0.25) is 0 Å². The molecule has 66 valence electrons. The first-order chi connectivity index (χ1) is 5.02. The summed E-state index contributed by atoms with van der Waals surface area (Å²) in [5.41, 5.74) is 0.272. The molecule has 0 N–H and O–H groups in total. The topological polar surface area (TPSA) is 26.3 Å². The van der Waals surface area contributed by atoms with E-state index < -0.39 is 0 Å². The van der Waals surface area contributed by atoms with Crippen LogP contribution in [0.3, 0.4) is 0 Å². The van der Waals surface area contributed by atoms with Crippen LogP contribution in [-0.4, -0.2) is 13.1 Å². The van der Waals surface area contributed by atoms with Gasteiger partial charge in [0.05, 0.1) is 7.11 Å². The van der Waals surface area contributed by atoms with Crippen molar-refractivity contribution in [2.45, 2.75) is 40.0 Å². The van der Waals surface area contributed by atoms with E-state index in [1.165, 1.54) is 7.11 Å². The highest BCUT2D eigenvalue weighted by atomic mass is 16.5. The Hall–Kier alpha value is -0.530. The normalized spacial score (nSPS) is 11.3. The van der Waals surface area contributed by atoms with Crippen molar-refractivity contribution >= 4 is 5.97 Å². The summed E-state index contributed by atoms with van der Waals surface area (Å²) < 4.78 is 4.55. The molecule has 0 aromatic heterocycles. The Morgan fingerprint density at radius 3 is 2.36 bits per heavy atom. The smallest absolute Gasteiger partial charge is 0.305 e. The fourth-order valence-electron chi connectivity index (χ4n) is 0.719. The molecule has 0 fully saturated rings. The van der Waals surface area contributed by atoms with Crippen LogP contribution in [0, 0.1) is 5.41 Å². The standard InChI is InChI=1S/C9H18O2/c1-5-9(2,3)7-6-8(10)11-4/h5-7H2,1-4H3. The fraction of sp³-hybridized carbons (Fsp3) is 0.889. The van der Waals surface area contributed by atoms with Gasteiger partial charge in [0, 0.05) is 6.42 Å². The Morgan fingerprint density at radius 2 is 2.00 bits per heavy atom. The maximum Gasteiger partial charge on any atom is 0.305 e. The van der Waals surface area contributed by atoms with Crippen molar-refractivity contribution < 1.29 is 9.53 Å². The van der Waals surface area contributed by atoms with Gasteiger partial charge < -0.3 is 4.74 Å². The van der Waals surface area contributed by atoms with Gasteiger partial charge >= 0.3 is 5.97 Å². The molecule has 0 aliphatic rings. The van der Waals surface area contributed by atoms with Crippen LogP contribution >= 0.6 is 0 Å². The van der Waals surface area contributed by atoms with Gasteiger partial charge in [-0.1, -0.05) is 27.2 Å². The van der Waals surface area contributed by atoms with E-state index in [9.17, 15) is 4.79 Å². The Labute approximate surface area is 68.9 Å². The molecular formula is C9H18O2. The van der Waals surface area contributed by atoms with E-state index in [-0.39, 0.29) is 11.4 Å². The molecule has 0 spiro atoms. The van der Waals surface area contributed by atoms with E-state index >= 15 is 0 Å². The van der Waals surface area contributed by atoms with Crippen molar-refractivity contribution in [1.82, 2.24) is 0 Å². The maximum absolute atomic E-state index is 10.8. The zero-order valence-corrected chi connectivity index (χ0v) is 7.94. The first kappa shape index (κ1) is 10.5.